The molecule has 0 fully saturated rings. The number of halogens is 1. The van der Waals surface area contributed by atoms with E-state index < -0.39 is 12.0 Å². The van der Waals surface area contributed by atoms with Gasteiger partial charge in [-0.3, -0.25) is 0 Å². The lowest BCUT2D eigenvalue weighted by Crippen LogP contribution is -2.38. The summed E-state index contributed by atoms with van der Waals surface area (Å²) in [7, 11) is 1.56. The van der Waals surface area contributed by atoms with E-state index in [4.69, 9.17) is 10.4 Å². The molecule has 0 radical (unpaired) electrons. The van der Waals surface area contributed by atoms with Crippen LogP contribution in [0.1, 0.15) is 23.7 Å². The first-order chi connectivity index (χ1) is 9.36. The van der Waals surface area contributed by atoms with Gasteiger partial charge in [0.2, 0.25) is 0 Å². The number of hydrogen-bond acceptors (Lipinski definition) is 3. The predicted molar refractivity (Wildman–Crippen MR) is 82.6 cm³/mol. The zero-order chi connectivity index (χ0) is 15.3. The molecule has 0 saturated heterocycles. The van der Waals surface area contributed by atoms with Crippen molar-refractivity contribution in [2.45, 2.75) is 19.4 Å². The van der Waals surface area contributed by atoms with E-state index in [1.165, 1.54) is 11.0 Å². The minimum absolute atomic E-state index is 0.0339. The van der Waals surface area contributed by atoms with Gasteiger partial charge in [0.25, 0.3) is 0 Å². The topological polar surface area (TPSA) is 93.4 Å². The van der Waals surface area contributed by atoms with E-state index in [0.717, 1.165) is 3.57 Å². The van der Waals surface area contributed by atoms with Gasteiger partial charge in [-0.05, 0) is 47.7 Å². The molecule has 0 aliphatic carbocycles. The van der Waals surface area contributed by atoms with E-state index >= 15 is 0 Å². The maximum atomic E-state index is 12.0. The number of rotatable bonds is 4. The van der Waals surface area contributed by atoms with E-state index in [1.54, 1.807) is 26.1 Å². The molecule has 1 aromatic carbocycles. The molecule has 0 aliphatic heterocycles. The van der Waals surface area contributed by atoms with Crippen LogP contribution < -0.4 is 5.32 Å². The van der Waals surface area contributed by atoms with Crippen molar-refractivity contribution in [3.8, 4) is 6.07 Å². The summed E-state index contributed by atoms with van der Waals surface area (Å²) in [5, 5.41) is 20.3. The standard InChI is InChI=1S/C13H14IN3O3/c1-8(5-6-15)17(2)13(20)16-11-4-3-9(14)7-10(11)12(18)19/h3-4,7-8H,5H2,1-2H3,(H,16,20)(H,18,19). The molecule has 0 saturated carbocycles. The summed E-state index contributed by atoms with van der Waals surface area (Å²) >= 11 is 2.00. The van der Waals surface area contributed by atoms with E-state index in [9.17, 15) is 9.59 Å². The molecular formula is C13H14IN3O3. The molecule has 2 amide bonds. The number of benzene rings is 1. The first kappa shape index (κ1) is 16.2. The zero-order valence-electron chi connectivity index (χ0n) is 11.1. The smallest absolute Gasteiger partial charge is 0.337 e. The second kappa shape index (κ2) is 7.09. The fraction of sp³-hybridized carbons (Fsp3) is 0.308. The van der Waals surface area contributed by atoms with Crippen LogP contribution in [0.15, 0.2) is 18.2 Å². The van der Waals surface area contributed by atoms with Crippen LogP contribution in [-0.2, 0) is 0 Å². The Morgan fingerprint density at radius 2 is 2.20 bits per heavy atom. The quantitative estimate of drug-likeness (QED) is 0.777. The molecule has 0 heterocycles. The molecule has 1 rings (SSSR count). The van der Waals surface area contributed by atoms with Gasteiger partial charge in [-0.1, -0.05) is 0 Å². The molecular weight excluding hydrogens is 373 g/mol. The molecule has 1 aromatic rings. The highest BCUT2D eigenvalue weighted by atomic mass is 127. The number of nitrogens with zero attached hydrogens (tertiary/aromatic N) is 2. The van der Waals surface area contributed by atoms with Gasteiger partial charge in [0, 0.05) is 16.7 Å². The summed E-state index contributed by atoms with van der Waals surface area (Å²) in [6, 6.07) is 6.03. The number of carboxylic acids is 1. The summed E-state index contributed by atoms with van der Waals surface area (Å²) in [6.07, 6.45) is 0.211. The van der Waals surface area contributed by atoms with Crippen molar-refractivity contribution in [2.24, 2.45) is 0 Å². The molecule has 2 N–H and O–H groups in total. The first-order valence-electron chi connectivity index (χ1n) is 5.80. The van der Waals surface area contributed by atoms with Crippen molar-refractivity contribution in [1.82, 2.24) is 4.90 Å². The maximum absolute atomic E-state index is 12.0. The third kappa shape index (κ3) is 4.09. The van der Waals surface area contributed by atoms with E-state index in [-0.39, 0.29) is 23.7 Å². The summed E-state index contributed by atoms with van der Waals surface area (Å²) in [5.41, 5.74) is 0.269. The van der Waals surface area contributed by atoms with Crippen LogP contribution in [-0.4, -0.2) is 35.1 Å². The highest BCUT2D eigenvalue weighted by Crippen LogP contribution is 2.19. The number of nitriles is 1. The van der Waals surface area contributed by atoms with E-state index in [1.807, 2.05) is 28.7 Å². The van der Waals surface area contributed by atoms with Gasteiger partial charge in [-0.2, -0.15) is 5.26 Å². The summed E-state index contributed by atoms with van der Waals surface area (Å²) in [6.45, 7) is 1.74. The highest BCUT2D eigenvalue weighted by molar-refractivity contribution is 14.1. The molecule has 20 heavy (non-hydrogen) atoms. The number of amides is 2. The van der Waals surface area contributed by atoms with Crippen molar-refractivity contribution >= 4 is 40.3 Å². The van der Waals surface area contributed by atoms with Crippen LogP contribution >= 0.6 is 22.6 Å². The number of urea groups is 1. The molecule has 0 bridgehead atoms. The summed E-state index contributed by atoms with van der Waals surface area (Å²) in [4.78, 5) is 24.5. The molecule has 0 spiro atoms. The zero-order valence-corrected chi connectivity index (χ0v) is 13.2. The molecule has 1 unspecified atom stereocenters. The lowest BCUT2D eigenvalue weighted by atomic mass is 10.2. The van der Waals surface area contributed by atoms with Crippen LogP contribution in [0.25, 0.3) is 0 Å². The highest BCUT2D eigenvalue weighted by Gasteiger charge is 2.18. The maximum Gasteiger partial charge on any atom is 0.337 e. The second-order valence-electron chi connectivity index (χ2n) is 4.25. The van der Waals surface area contributed by atoms with Crippen molar-refractivity contribution in [3.05, 3.63) is 27.3 Å². The Balaban J connectivity index is 2.91. The van der Waals surface area contributed by atoms with E-state index in [2.05, 4.69) is 5.32 Å². The Labute approximate surface area is 130 Å². The van der Waals surface area contributed by atoms with Gasteiger partial charge < -0.3 is 15.3 Å². The predicted octanol–water partition coefficient (Wildman–Crippen LogP) is 2.76. The molecule has 1 atom stereocenters. The Hall–Kier alpha value is -1.82. The van der Waals surface area contributed by atoms with Gasteiger partial charge in [-0.15, -0.1) is 0 Å². The minimum Gasteiger partial charge on any atom is -0.478 e. The normalized spacial score (nSPS) is 11.3. The Kier molecular flexibility index (Phi) is 5.76. The monoisotopic (exact) mass is 387 g/mol. The number of carbonyl (C=O) groups is 2. The van der Waals surface area contributed by atoms with Gasteiger partial charge in [0.05, 0.1) is 23.7 Å². The molecule has 7 heteroatoms. The molecule has 106 valence electrons. The van der Waals surface area contributed by atoms with Crippen LogP contribution in [0, 0.1) is 14.9 Å². The van der Waals surface area contributed by atoms with Crippen LogP contribution in [0.3, 0.4) is 0 Å². The number of hydrogen-bond donors (Lipinski definition) is 2. The average Bonchev–Trinajstić information content (AvgIpc) is 2.39. The van der Waals surface area contributed by atoms with Crippen molar-refractivity contribution in [2.75, 3.05) is 12.4 Å². The van der Waals surface area contributed by atoms with E-state index in [0.29, 0.717) is 0 Å². The Bertz CT molecular complexity index is 568. The fourth-order valence-electron chi connectivity index (χ4n) is 1.48. The summed E-state index contributed by atoms with van der Waals surface area (Å²) < 4.78 is 0.768. The van der Waals surface area contributed by atoms with Crippen LogP contribution in [0.5, 0.6) is 0 Å². The Morgan fingerprint density at radius 1 is 1.55 bits per heavy atom. The van der Waals surface area contributed by atoms with Gasteiger partial charge in [0.1, 0.15) is 0 Å². The minimum atomic E-state index is -1.11. The van der Waals surface area contributed by atoms with Crippen LogP contribution in [0.2, 0.25) is 0 Å². The van der Waals surface area contributed by atoms with Crippen LogP contribution in [0.4, 0.5) is 10.5 Å². The van der Waals surface area contributed by atoms with Gasteiger partial charge in [-0.25, -0.2) is 9.59 Å². The largest absolute Gasteiger partial charge is 0.478 e. The summed E-state index contributed by atoms with van der Waals surface area (Å²) in [5.74, 6) is -1.11. The molecule has 6 nitrogen and oxygen atoms in total. The lowest BCUT2D eigenvalue weighted by Gasteiger charge is -2.23. The van der Waals surface area contributed by atoms with Crippen molar-refractivity contribution in [3.63, 3.8) is 0 Å². The Morgan fingerprint density at radius 3 is 2.75 bits per heavy atom. The second-order valence-corrected chi connectivity index (χ2v) is 5.49. The van der Waals surface area contributed by atoms with Crippen molar-refractivity contribution in [1.29, 1.82) is 5.26 Å². The molecule has 0 aliphatic rings. The molecule has 0 aromatic heterocycles. The number of carbonyl (C=O) groups excluding carboxylic acids is 1. The first-order valence-corrected chi connectivity index (χ1v) is 6.88. The number of nitrogens with one attached hydrogen (secondary N) is 1. The number of anilines is 1. The third-order valence-electron chi connectivity index (χ3n) is 2.82. The average molecular weight is 387 g/mol. The number of aromatic carboxylic acids is 1. The SMILES string of the molecule is CC(CC#N)N(C)C(=O)Nc1ccc(I)cc1C(=O)O. The third-order valence-corrected chi connectivity index (χ3v) is 3.49. The lowest BCUT2D eigenvalue weighted by molar-refractivity contribution is 0.0698. The van der Waals surface area contributed by atoms with Gasteiger partial charge >= 0.3 is 12.0 Å². The number of carboxylic acid groups (broad SMARTS) is 1. The van der Waals surface area contributed by atoms with Gasteiger partial charge in [0.15, 0.2) is 0 Å². The fourth-order valence-corrected chi connectivity index (χ4v) is 1.97. The van der Waals surface area contributed by atoms with Crippen molar-refractivity contribution < 1.29 is 14.7 Å².